The van der Waals surface area contributed by atoms with Gasteiger partial charge in [0.15, 0.2) is 0 Å². The standard InChI is InChI=1S/C10H14N2/c1-8(12-2)10(11)9-6-4-3-5-7-9/h3-7,10H,11H2,1-2H3/t10-/m0/s1. The SMILES string of the molecule is CN=C(C)[C@H](N)c1ccccc1. The number of nitrogens with two attached hydrogens (primary N) is 1. The fraction of sp³-hybridized carbons (Fsp3) is 0.300. The second-order valence-electron chi connectivity index (χ2n) is 2.75. The first kappa shape index (κ1) is 8.94. The van der Waals surface area contributed by atoms with Gasteiger partial charge in [0, 0.05) is 12.8 Å². The highest BCUT2D eigenvalue weighted by Crippen LogP contribution is 2.10. The number of aliphatic imine (C=N–C) groups is 1. The van der Waals surface area contributed by atoms with Gasteiger partial charge in [0.1, 0.15) is 0 Å². The van der Waals surface area contributed by atoms with E-state index in [4.69, 9.17) is 5.73 Å². The first-order valence-corrected chi connectivity index (χ1v) is 3.99. The summed E-state index contributed by atoms with van der Waals surface area (Å²) >= 11 is 0. The molecule has 1 rings (SSSR count). The maximum Gasteiger partial charge on any atom is 0.0679 e. The van der Waals surface area contributed by atoms with Crippen LogP contribution in [0, 0.1) is 0 Å². The molecule has 12 heavy (non-hydrogen) atoms. The molecular weight excluding hydrogens is 148 g/mol. The summed E-state index contributed by atoms with van der Waals surface area (Å²) in [7, 11) is 1.76. The third-order valence-corrected chi connectivity index (χ3v) is 1.96. The maximum absolute atomic E-state index is 5.92. The van der Waals surface area contributed by atoms with E-state index in [0.29, 0.717) is 0 Å². The molecule has 0 aliphatic rings. The first-order chi connectivity index (χ1) is 5.75. The summed E-state index contributed by atoms with van der Waals surface area (Å²) in [5.74, 6) is 0. The van der Waals surface area contributed by atoms with Crippen LogP contribution in [0.4, 0.5) is 0 Å². The van der Waals surface area contributed by atoms with Gasteiger partial charge in [0.25, 0.3) is 0 Å². The van der Waals surface area contributed by atoms with Gasteiger partial charge in [-0.25, -0.2) is 0 Å². The Bertz CT molecular complexity index is 264. The van der Waals surface area contributed by atoms with E-state index in [1.807, 2.05) is 37.3 Å². The average Bonchev–Trinajstić information content (AvgIpc) is 2.17. The van der Waals surface area contributed by atoms with Crippen LogP contribution in [0.3, 0.4) is 0 Å². The smallest absolute Gasteiger partial charge is 0.0679 e. The van der Waals surface area contributed by atoms with Gasteiger partial charge in [-0.15, -0.1) is 0 Å². The Morgan fingerprint density at radius 2 is 1.92 bits per heavy atom. The van der Waals surface area contributed by atoms with Crippen LogP contribution in [0.5, 0.6) is 0 Å². The quantitative estimate of drug-likeness (QED) is 0.661. The minimum Gasteiger partial charge on any atom is -0.319 e. The third kappa shape index (κ3) is 1.92. The monoisotopic (exact) mass is 162 g/mol. The van der Waals surface area contributed by atoms with E-state index in [1.165, 1.54) is 0 Å². The highest BCUT2D eigenvalue weighted by Gasteiger charge is 2.06. The summed E-state index contributed by atoms with van der Waals surface area (Å²) in [6.45, 7) is 1.94. The molecule has 64 valence electrons. The summed E-state index contributed by atoms with van der Waals surface area (Å²) in [6, 6.07) is 9.92. The van der Waals surface area contributed by atoms with Crippen molar-refractivity contribution in [1.82, 2.24) is 0 Å². The van der Waals surface area contributed by atoms with Crippen LogP contribution in [0.2, 0.25) is 0 Å². The molecule has 0 unspecified atom stereocenters. The van der Waals surface area contributed by atoms with E-state index in [1.54, 1.807) is 7.05 Å². The Kier molecular flexibility index (Phi) is 3.00. The van der Waals surface area contributed by atoms with E-state index >= 15 is 0 Å². The summed E-state index contributed by atoms with van der Waals surface area (Å²) in [4.78, 5) is 4.06. The van der Waals surface area contributed by atoms with E-state index in [-0.39, 0.29) is 6.04 Å². The number of hydrogen-bond donors (Lipinski definition) is 1. The van der Waals surface area contributed by atoms with Gasteiger partial charge in [-0.2, -0.15) is 0 Å². The molecule has 0 spiro atoms. The fourth-order valence-corrected chi connectivity index (χ4v) is 1.04. The predicted molar refractivity (Wildman–Crippen MR) is 52.4 cm³/mol. The van der Waals surface area contributed by atoms with Gasteiger partial charge in [-0.1, -0.05) is 30.3 Å². The van der Waals surface area contributed by atoms with Gasteiger partial charge < -0.3 is 5.73 Å². The van der Waals surface area contributed by atoms with Crippen molar-refractivity contribution >= 4 is 5.71 Å². The molecule has 0 aliphatic heterocycles. The number of hydrogen-bond acceptors (Lipinski definition) is 2. The Labute approximate surface area is 73.1 Å². The lowest BCUT2D eigenvalue weighted by Gasteiger charge is -2.10. The van der Waals surface area contributed by atoms with Crippen molar-refractivity contribution in [2.45, 2.75) is 13.0 Å². The normalized spacial score (nSPS) is 14.4. The maximum atomic E-state index is 5.92. The van der Waals surface area contributed by atoms with Crippen molar-refractivity contribution in [2.75, 3.05) is 7.05 Å². The number of nitrogens with zero attached hydrogens (tertiary/aromatic N) is 1. The zero-order valence-corrected chi connectivity index (χ0v) is 7.49. The minimum atomic E-state index is -0.0591. The van der Waals surface area contributed by atoms with Gasteiger partial charge >= 0.3 is 0 Å². The van der Waals surface area contributed by atoms with Crippen LogP contribution in [0.15, 0.2) is 35.3 Å². The first-order valence-electron chi connectivity index (χ1n) is 3.99. The Hall–Kier alpha value is -1.15. The summed E-state index contributed by atoms with van der Waals surface area (Å²) in [5, 5.41) is 0. The molecule has 0 radical (unpaired) electrons. The molecule has 0 aromatic heterocycles. The topological polar surface area (TPSA) is 38.4 Å². The van der Waals surface area contributed by atoms with E-state index in [9.17, 15) is 0 Å². The van der Waals surface area contributed by atoms with Gasteiger partial charge in [0.2, 0.25) is 0 Å². The Balaban J connectivity index is 2.86. The van der Waals surface area contributed by atoms with Gasteiger partial charge in [-0.3, -0.25) is 4.99 Å². The number of rotatable bonds is 2. The second-order valence-corrected chi connectivity index (χ2v) is 2.75. The van der Waals surface area contributed by atoms with Crippen LogP contribution in [0.25, 0.3) is 0 Å². The van der Waals surface area contributed by atoms with Crippen molar-refractivity contribution in [3.63, 3.8) is 0 Å². The predicted octanol–water partition coefficient (Wildman–Crippen LogP) is 1.78. The average molecular weight is 162 g/mol. The van der Waals surface area contributed by atoms with Gasteiger partial charge in [0.05, 0.1) is 6.04 Å². The molecule has 2 nitrogen and oxygen atoms in total. The summed E-state index contributed by atoms with van der Waals surface area (Å²) in [6.07, 6.45) is 0. The van der Waals surface area contributed by atoms with Crippen LogP contribution in [-0.2, 0) is 0 Å². The van der Waals surface area contributed by atoms with E-state index < -0.39 is 0 Å². The molecule has 1 aromatic carbocycles. The Morgan fingerprint density at radius 3 is 2.42 bits per heavy atom. The zero-order valence-electron chi connectivity index (χ0n) is 7.49. The molecular formula is C10H14N2. The van der Waals surface area contributed by atoms with Gasteiger partial charge in [-0.05, 0) is 12.5 Å². The van der Waals surface area contributed by atoms with Crippen LogP contribution >= 0.6 is 0 Å². The van der Waals surface area contributed by atoms with E-state index in [0.717, 1.165) is 11.3 Å². The fourth-order valence-electron chi connectivity index (χ4n) is 1.04. The molecule has 2 N–H and O–H groups in total. The molecule has 0 aliphatic carbocycles. The zero-order chi connectivity index (χ0) is 8.97. The summed E-state index contributed by atoms with van der Waals surface area (Å²) < 4.78 is 0. The third-order valence-electron chi connectivity index (χ3n) is 1.96. The molecule has 0 saturated carbocycles. The molecule has 0 saturated heterocycles. The van der Waals surface area contributed by atoms with Crippen molar-refractivity contribution in [1.29, 1.82) is 0 Å². The second kappa shape index (κ2) is 4.02. The van der Waals surface area contributed by atoms with Crippen LogP contribution in [0.1, 0.15) is 18.5 Å². The van der Waals surface area contributed by atoms with Crippen molar-refractivity contribution in [3.05, 3.63) is 35.9 Å². The Morgan fingerprint density at radius 1 is 1.33 bits per heavy atom. The molecule has 0 amide bonds. The highest BCUT2D eigenvalue weighted by molar-refractivity contribution is 5.88. The van der Waals surface area contributed by atoms with Crippen molar-refractivity contribution in [2.24, 2.45) is 10.7 Å². The van der Waals surface area contributed by atoms with Crippen LogP contribution < -0.4 is 5.73 Å². The highest BCUT2D eigenvalue weighted by atomic mass is 14.8. The van der Waals surface area contributed by atoms with Crippen LogP contribution in [-0.4, -0.2) is 12.8 Å². The molecule has 0 bridgehead atoms. The summed E-state index contributed by atoms with van der Waals surface area (Å²) in [5.41, 5.74) is 7.99. The number of benzene rings is 1. The minimum absolute atomic E-state index is 0.0591. The lowest BCUT2D eigenvalue weighted by molar-refractivity contribution is 0.949. The molecule has 1 atom stereocenters. The molecule has 1 aromatic rings. The largest absolute Gasteiger partial charge is 0.319 e. The van der Waals surface area contributed by atoms with E-state index in [2.05, 4.69) is 4.99 Å². The molecule has 2 heteroatoms. The lowest BCUT2D eigenvalue weighted by Crippen LogP contribution is -2.18. The lowest BCUT2D eigenvalue weighted by atomic mass is 10.0. The molecule has 0 fully saturated rings. The molecule has 0 heterocycles. The van der Waals surface area contributed by atoms with Crippen molar-refractivity contribution < 1.29 is 0 Å². The van der Waals surface area contributed by atoms with Crippen molar-refractivity contribution in [3.8, 4) is 0 Å².